The van der Waals surface area contributed by atoms with Crippen LogP contribution in [0.2, 0.25) is 0 Å². The van der Waals surface area contributed by atoms with Crippen molar-refractivity contribution in [3.63, 3.8) is 0 Å². The molecule has 0 saturated heterocycles. The lowest BCUT2D eigenvalue weighted by atomic mass is 9.85. The second-order valence-corrected chi connectivity index (χ2v) is 5.52. The molecule has 0 spiro atoms. The zero-order valence-electron chi connectivity index (χ0n) is 11.3. The fourth-order valence-electron chi connectivity index (χ4n) is 2.75. The molecule has 0 aliphatic heterocycles. The minimum Gasteiger partial charge on any atom is -0.496 e. The summed E-state index contributed by atoms with van der Waals surface area (Å²) in [5, 5.41) is 0. The third-order valence-corrected chi connectivity index (χ3v) is 3.99. The Morgan fingerprint density at radius 3 is 2.41 bits per heavy atom. The molecule has 1 saturated carbocycles. The minimum atomic E-state index is 0.237. The summed E-state index contributed by atoms with van der Waals surface area (Å²) in [5.41, 5.74) is 10.2. The summed E-state index contributed by atoms with van der Waals surface area (Å²) in [6.45, 7) is 7.32. The van der Waals surface area contributed by atoms with Crippen molar-refractivity contribution in [3.8, 4) is 5.75 Å². The number of hydrogen-bond acceptors (Lipinski definition) is 2. The normalized spacial score (nSPS) is 17.3. The average molecular weight is 233 g/mol. The van der Waals surface area contributed by atoms with E-state index in [-0.39, 0.29) is 5.41 Å². The van der Waals surface area contributed by atoms with Crippen LogP contribution in [0.1, 0.15) is 49.3 Å². The van der Waals surface area contributed by atoms with Gasteiger partial charge in [0.15, 0.2) is 0 Å². The van der Waals surface area contributed by atoms with Gasteiger partial charge in [0.1, 0.15) is 5.75 Å². The third-order valence-electron chi connectivity index (χ3n) is 3.99. The van der Waals surface area contributed by atoms with Crippen molar-refractivity contribution < 1.29 is 4.74 Å². The third kappa shape index (κ3) is 1.95. The first kappa shape index (κ1) is 12.4. The fraction of sp³-hybridized carbons (Fsp3) is 0.600. The van der Waals surface area contributed by atoms with E-state index in [1.165, 1.54) is 29.5 Å². The van der Waals surface area contributed by atoms with Gasteiger partial charge in [-0.3, -0.25) is 0 Å². The van der Waals surface area contributed by atoms with Gasteiger partial charge < -0.3 is 10.5 Å². The molecule has 0 atom stereocenters. The molecule has 0 bridgehead atoms. The largest absolute Gasteiger partial charge is 0.496 e. The molecule has 2 rings (SSSR count). The Balaban J connectivity index is 2.60. The first-order valence-corrected chi connectivity index (χ1v) is 6.44. The van der Waals surface area contributed by atoms with Gasteiger partial charge in [-0.25, -0.2) is 0 Å². The van der Waals surface area contributed by atoms with Crippen molar-refractivity contribution in [2.24, 2.45) is 5.73 Å². The zero-order valence-corrected chi connectivity index (χ0v) is 11.3. The summed E-state index contributed by atoms with van der Waals surface area (Å²) in [7, 11) is 1.76. The molecule has 1 aliphatic carbocycles. The highest BCUT2D eigenvalue weighted by Crippen LogP contribution is 2.51. The van der Waals surface area contributed by atoms with Crippen molar-refractivity contribution >= 4 is 0 Å². The first-order chi connectivity index (χ1) is 8.05. The second kappa shape index (κ2) is 4.34. The van der Waals surface area contributed by atoms with E-state index in [1.807, 2.05) is 0 Å². The summed E-state index contributed by atoms with van der Waals surface area (Å²) < 4.78 is 5.60. The highest BCUT2D eigenvalue weighted by atomic mass is 16.5. The maximum absolute atomic E-state index is 5.96. The van der Waals surface area contributed by atoms with Crippen LogP contribution in [-0.4, -0.2) is 13.7 Å². The molecule has 0 heterocycles. The van der Waals surface area contributed by atoms with Gasteiger partial charge in [-0.15, -0.1) is 0 Å². The van der Waals surface area contributed by atoms with Crippen LogP contribution < -0.4 is 10.5 Å². The Morgan fingerprint density at radius 2 is 2.00 bits per heavy atom. The second-order valence-electron chi connectivity index (χ2n) is 5.52. The van der Waals surface area contributed by atoms with Crippen LogP contribution in [0.5, 0.6) is 5.75 Å². The lowest BCUT2D eigenvalue weighted by Gasteiger charge is -2.24. The SMILES string of the molecule is COc1c(C)ccc(C2(CN)CC2)c1C(C)C. The predicted octanol–water partition coefficient (Wildman–Crippen LogP) is 3.12. The Bertz CT molecular complexity index is 419. The highest BCUT2D eigenvalue weighted by Gasteiger charge is 2.45. The maximum Gasteiger partial charge on any atom is 0.125 e. The van der Waals surface area contributed by atoms with E-state index in [9.17, 15) is 0 Å². The highest BCUT2D eigenvalue weighted by molar-refractivity contribution is 5.52. The fourth-order valence-corrected chi connectivity index (χ4v) is 2.75. The van der Waals surface area contributed by atoms with Crippen molar-refractivity contribution in [1.82, 2.24) is 0 Å². The summed E-state index contributed by atoms with van der Waals surface area (Å²) in [5.74, 6) is 1.53. The molecule has 2 N–H and O–H groups in total. The van der Waals surface area contributed by atoms with Gasteiger partial charge in [0, 0.05) is 17.5 Å². The number of hydrogen-bond donors (Lipinski definition) is 1. The van der Waals surface area contributed by atoms with Crippen molar-refractivity contribution in [1.29, 1.82) is 0 Å². The van der Waals surface area contributed by atoms with Crippen LogP contribution in [0, 0.1) is 6.92 Å². The Hall–Kier alpha value is -1.02. The van der Waals surface area contributed by atoms with Crippen molar-refractivity contribution in [2.45, 2.75) is 44.9 Å². The van der Waals surface area contributed by atoms with Crippen LogP contribution in [0.3, 0.4) is 0 Å². The van der Waals surface area contributed by atoms with E-state index < -0.39 is 0 Å². The topological polar surface area (TPSA) is 35.2 Å². The lowest BCUT2D eigenvalue weighted by Crippen LogP contribution is -2.22. The molecule has 2 heteroatoms. The molecular weight excluding hydrogens is 210 g/mol. The Morgan fingerprint density at radius 1 is 1.35 bits per heavy atom. The van der Waals surface area contributed by atoms with E-state index in [1.54, 1.807) is 7.11 Å². The van der Waals surface area contributed by atoms with E-state index in [4.69, 9.17) is 10.5 Å². The van der Waals surface area contributed by atoms with Crippen LogP contribution in [0.15, 0.2) is 12.1 Å². The molecule has 2 nitrogen and oxygen atoms in total. The van der Waals surface area contributed by atoms with Gasteiger partial charge in [-0.2, -0.15) is 0 Å². The summed E-state index contributed by atoms with van der Waals surface area (Å²) in [4.78, 5) is 0. The van der Waals surface area contributed by atoms with Gasteiger partial charge in [0.2, 0.25) is 0 Å². The first-order valence-electron chi connectivity index (χ1n) is 6.44. The molecule has 1 fully saturated rings. The average Bonchev–Trinajstić information content (AvgIpc) is 3.09. The molecule has 1 aromatic rings. The number of rotatable bonds is 4. The van der Waals surface area contributed by atoms with E-state index >= 15 is 0 Å². The Labute approximate surface area is 104 Å². The minimum absolute atomic E-state index is 0.237. The molecule has 1 aromatic carbocycles. The van der Waals surface area contributed by atoms with Gasteiger partial charge in [-0.1, -0.05) is 26.0 Å². The van der Waals surface area contributed by atoms with E-state index in [0.717, 1.165) is 12.3 Å². The molecule has 17 heavy (non-hydrogen) atoms. The van der Waals surface area contributed by atoms with Gasteiger partial charge in [-0.05, 0) is 36.8 Å². The summed E-state index contributed by atoms with van der Waals surface area (Å²) >= 11 is 0. The monoisotopic (exact) mass is 233 g/mol. The van der Waals surface area contributed by atoms with Gasteiger partial charge in [0.25, 0.3) is 0 Å². The number of methoxy groups -OCH3 is 1. The van der Waals surface area contributed by atoms with Crippen LogP contribution >= 0.6 is 0 Å². The van der Waals surface area contributed by atoms with E-state index in [0.29, 0.717) is 5.92 Å². The van der Waals surface area contributed by atoms with E-state index in [2.05, 4.69) is 32.9 Å². The summed E-state index contributed by atoms with van der Waals surface area (Å²) in [6.07, 6.45) is 2.44. The standard InChI is InChI=1S/C15H23NO/c1-10(2)13-12(15(9-16)7-8-15)6-5-11(3)14(13)17-4/h5-6,10H,7-9,16H2,1-4H3. The molecule has 0 unspecified atom stereocenters. The van der Waals surface area contributed by atoms with Crippen molar-refractivity contribution in [3.05, 3.63) is 28.8 Å². The van der Waals surface area contributed by atoms with Crippen LogP contribution in [-0.2, 0) is 5.41 Å². The molecule has 0 radical (unpaired) electrons. The molecule has 0 aromatic heterocycles. The molecular formula is C15H23NO. The molecule has 94 valence electrons. The van der Waals surface area contributed by atoms with Gasteiger partial charge in [0.05, 0.1) is 7.11 Å². The molecule has 1 aliphatic rings. The lowest BCUT2D eigenvalue weighted by molar-refractivity contribution is 0.402. The molecule has 0 amide bonds. The van der Waals surface area contributed by atoms with Crippen molar-refractivity contribution in [2.75, 3.05) is 13.7 Å². The number of ether oxygens (including phenoxy) is 1. The van der Waals surface area contributed by atoms with Crippen LogP contribution in [0.25, 0.3) is 0 Å². The summed E-state index contributed by atoms with van der Waals surface area (Å²) in [6, 6.07) is 4.42. The quantitative estimate of drug-likeness (QED) is 0.867. The number of benzene rings is 1. The van der Waals surface area contributed by atoms with Gasteiger partial charge >= 0.3 is 0 Å². The number of nitrogens with two attached hydrogens (primary N) is 1. The smallest absolute Gasteiger partial charge is 0.125 e. The maximum atomic E-state index is 5.96. The zero-order chi connectivity index (χ0) is 12.6. The Kier molecular flexibility index (Phi) is 3.17. The predicted molar refractivity (Wildman–Crippen MR) is 71.8 cm³/mol. The van der Waals surface area contributed by atoms with Crippen LogP contribution in [0.4, 0.5) is 0 Å². The number of aryl methyl sites for hydroxylation is 1.